The maximum Gasteiger partial charge on any atom is 0.177 e. The molecule has 92 valence electrons. The lowest BCUT2D eigenvalue weighted by atomic mass is 10.0. The molecule has 2 aromatic carbocycles. The summed E-state index contributed by atoms with van der Waals surface area (Å²) in [6, 6.07) is 19.2. The molecule has 0 radical (unpaired) electrons. The van der Waals surface area contributed by atoms with Crippen molar-refractivity contribution in [2.75, 3.05) is 0 Å². The number of rotatable bonds is 4. The molecular weight excluding hydrogens is 356 g/mol. The first-order valence-electron chi connectivity index (χ1n) is 5.62. The lowest BCUT2D eigenvalue weighted by Crippen LogP contribution is -2.19. The predicted octanol–water partition coefficient (Wildman–Crippen LogP) is 4.77. The molecule has 0 aliphatic carbocycles. The second kappa shape index (κ2) is 6.30. The van der Waals surface area contributed by atoms with Gasteiger partial charge < -0.3 is 0 Å². The second-order valence-electron chi connectivity index (χ2n) is 3.94. The number of hydrogen-bond acceptors (Lipinski definition) is 1. The third-order valence-corrected chi connectivity index (χ3v) is 5.39. The van der Waals surface area contributed by atoms with Crippen LogP contribution in [0.25, 0.3) is 0 Å². The number of Topliss-reactive ketones (excluding diaryl/α,β-unsaturated/α-hetero) is 1. The van der Waals surface area contributed by atoms with Gasteiger partial charge in [0.05, 0.1) is 9.65 Å². The molecule has 0 saturated heterocycles. The number of benzene rings is 2. The number of ketones is 1. The fraction of sp³-hybridized carbons (Fsp3) is 0.133. The Kier molecular flexibility index (Phi) is 4.72. The van der Waals surface area contributed by atoms with Crippen molar-refractivity contribution in [3.05, 3.63) is 71.8 Å². The van der Waals surface area contributed by atoms with Crippen LogP contribution in [0, 0.1) is 0 Å². The minimum atomic E-state index is -0.276. The van der Waals surface area contributed by atoms with E-state index >= 15 is 0 Å². The molecule has 0 amide bonds. The van der Waals surface area contributed by atoms with Gasteiger partial charge in [0, 0.05) is 5.56 Å². The van der Waals surface area contributed by atoms with Gasteiger partial charge in [0.25, 0.3) is 0 Å². The number of carbonyl (C=O) groups excluding carboxylic acids is 1. The molecule has 0 heterocycles. The van der Waals surface area contributed by atoms with Gasteiger partial charge in [0.15, 0.2) is 5.78 Å². The Morgan fingerprint density at radius 1 is 0.833 bits per heavy atom. The van der Waals surface area contributed by atoms with Crippen LogP contribution >= 0.6 is 31.9 Å². The van der Waals surface area contributed by atoms with Crippen LogP contribution in [0.2, 0.25) is 0 Å². The monoisotopic (exact) mass is 366 g/mol. The number of hydrogen-bond donors (Lipinski definition) is 0. The molecule has 0 fully saturated rings. The van der Waals surface area contributed by atoms with Crippen LogP contribution in [0.5, 0.6) is 0 Å². The van der Waals surface area contributed by atoms with Crippen LogP contribution in [0.3, 0.4) is 0 Å². The van der Waals surface area contributed by atoms with Crippen LogP contribution in [0.1, 0.15) is 20.7 Å². The van der Waals surface area contributed by atoms with Crippen molar-refractivity contribution in [3.63, 3.8) is 0 Å². The van der Waals surface area contributed by atoms with Crippen LogP contribution in [-0.4, -0.2) is 10.6 Å². The van der Waals surface area contributed by atoms with Gasteiger partial charge in [-0.25, -0.2) is 0 Å². The van der Waals surface area contributed by atoms with Crippen LogP contribution in [-0.2, 0) is 0 Å². The number of carbonyl (C=O) groups is 1. The Bertz CT molecular complexity index is 511. The van der Waals surface area contributed by atoms with E-state index in [1.165, 1.54) is 0 Å². The van der Waals surface area contributed by atoms with E-state index in [1.807, 2.05) is 60.7 Å². The molecule has 2 aromatic rings. The predicted molar refractivity (Wildman–Crippen MR) is 81.6 cm³/mol. The van der Waals surface area contributed by atoms with Crippen LogP contribution in [0.15, 0.2) is 60.7 Å². The van der Waals surface area contributed by atoms with E-state index in [4.69, 9.17) is 0 Å². The lowest BCUT2D eigenvalue weighted by Gasteiger charge is -2.16. The molecule has 0 spiro atoms. The van der Waals surface area contributed by atoms with E-state index in [2.05, 4.69) is 31.9 Å². The van der Waals surface area contributed by atoms with E-state index in [-0.39, 0.29) is 15.4 Å². The molecule has 1 nitrogen and oxygen atoms in total. The molecule has 0 aliphatic rings. The zero-order chi connectivity index (χ0) is 13.0. The third kappa shape index (κ3) is 3.09. The van der Waals surface area contributed by atoms with Gasteiger partial charge in [0.1, 0.15) is 0 Å². The maximum absolute atomic E-state index is 12.3. The number of alkyl halides is 2. The molecule has 2 atom stereocenters. The topological polar surface area (TPSA) is 17.1 Å². The molecule has 0 aromatic heterocycles. The van der Waals surface area contributed by atoms with Crippen molar-refractivity contribution in [2.45, 2.75) is 9.65 Å². The van der Waals surface area contributed by atoms with Crippen molar-refractivity contribution in [1.82, 2.24) is 0 Å². The second-order valence-corrected chi connectivity index (χ2v) is 5.92. The third-order valence-electron chi connectivity index (χ3n) is 2.68. The normalized spacial score (nSPS) is 13.9. The molecule has 18 heavy (non-hydrogen) atoms. The SMILES string of the molecule is O=C(c1ccccc1)C(Br)C(Br)c1ccccc1. The zero-order valence-electron chi connectivity index (χ0n) is 9.59. The summed E-state index contributed by atoms with van der Waals surface area (Å²) in [5, 5.41) is 0. The highest BCUT2D eigenvalue weighted by atomic mass is 79.9. The van der Waals surface area contributed by atoms with Gasteiger partial charge in [-0.3, -0.25) is 4.79 Å². The molecule has 0 saturated carbocycles. The summed E-state index contributed by atoms with van der Waals surface area (Å²) < 4.78 is 0. The molecule has 0 bridgehead atoms. The largest absolute Gasteiger partial charge is 0.293 e. The van der Waals surface area contributed by atoms with Crippen molar-refractivity contribution in [3.8, 4) is 0 Å². The Morgan fingerprint density at radius 2 is 1.33 bits per heavy atom. The zero-order valence-corrected chi connectivity index (χ0v) is 12.8. The summed E-state index contributed by atoms with van der Waals surface area (Å²) in [6.45, 7) is 0. The molecule has 0 aliphatic heterocycles. The first kappa shape index (κ1) is 13.5. The summed E-state index contributed by atoms with van der Waals surface area (Å²) in [5.74, 6) is 0.0846. The van der Waals surface area contributed by atoms with E-state index < -0.39 is 0 Å². The van der Waals surface area contributed by atoms with Gasteiger partial charge in [-0.2, -0.15) is 0 Å². The molecule has 3 heteroatoms. The Balaban J connectivity index is 2.17. The minimum Gasteiger partial charge on any atom is -0.293 e. The van der Waals surface area contributed by atoms with Gasteiger partial charge in [-0.05, 0) is 5.56 Å². The van der Waals surface area contributed by atoms with Gasteiger partial charge in [-0.1, -0.05) is 92.5 Å². The smallest absolute Gasteiger partial charge is 0.177 e. The standard InChI is InChI=1S/C15H12Br2O/c16-13(11-7-3-1-4-8-11)14(17)15(18)12-9-5-2-6-10-12/h1-10,13-14H. The van der Waals surface area contributed by atoms with Crippen LogP contribution in [0.4, 0.5) is 0 Å². The van der Waals surface area contributed by atoms with Crippen LogP contribution < -0.4 is 0 Å². The summed E-state index contributed by atoms with van der Waals surface area (Å²) in [7, 11) is 0. The molecule has 0 N–H and O–H groups in total. The van der Waals surface area contributed by atoms with Gasteiger partial charge in [0.2, 0.25) is 0 Å². The number of halogens is 2. The minimum absolute atomic E-state index is 0.0357. The van der Waals surface area contributed by atoms with Gasteiger partial charge in [-0.15, -0.1) is 0 Å². The summed E-state index contributed by atoms with van der Waals surface area (Å²) in [6.07, 6.45) is 0. The lowest BCUT2D eigenvalue weighted by molar-refractivity contribution is 0.0991. The fourth-order valence-electron chi connectivity index (χ4n) is 1.70. The fourth-order valence-corrected chi connectivity index (χ4v) is 2.82. The average Bonchev–Trinajstić information content (AvgIpc) is 2.47. The molecule has 2 unspecified atom stereocenters. The highest BCUT2D eigenvalue weighted by Gasteiger charge is 2.25. The maximum atomic E-state index is 12.3. The summed E-state index contributed by atoms with van der Waals surface area (Å²) in [5.41, 5.74) is 1.81. The quantitative estimate of drug-likeness (QED) is 0.562. The van der Waals surface area contributed by atoms with E-state index in [9.17, 15) is 4.79 Å². The van der Waals surface area contributed by atoms with Crippen molar-refractivity contribution >= 4 is 37.6 Å². The van der Waals surface area contributed by atoms with Gasteiger partial charge >= 0.3 is 0 Å². The highest BCUT2D eigenvalue weighted by molar-refractivity contribution is 9.12. The van der Waals surface area contributed by atoms with E-state index in [1.54, 1.807) is 0 Å². The summed E-state index contributed by atoms with van der Waals surface area (Å²) in [4.78, 5) is 12.0. The molecule has 2 rings (SSSR count). The van der Waals surface area contributed by atoms with E-state index in [0.717, 1.165) is 11.1 Å². The first-order valence-corrected chi connectivity index (χ1v) is 7.45. The molecular formula is C15H12Br2O. The van der Waals surface area contributed by atoms with Crippen molar-refractivity contribution in [2.24, 2.45) is 0 Å². The summed E-state index contributed by atoms with van der Waals surface area (Å²) >= 11 is 7.07. The van der Waals surface area contributed by atoms with Crippen molar-refractivity contribution in [1.29, 1.82) is 0 Å². The first-order chi connectivity index (χ1) is 8.70. The van der Waals surface area contributed by atoms with E-state index in [0.29, 0.717) is 0 Å². The van der Waals surface area contributed by atoms with Crippen molar-refractivity contribution < 1.29 is 4.79 Å². The Morgan fingerprint density at radius 3 is 1.89 bits per heavy atom. The Hall–Kier alpha value is -0.930. The highest BCUT2D eigenvalue weighted by Crippen LogP contribution is 2.32. The Labute approximate surface area is 123 Å². The average molecular weight is 368 g/mol.